The predicted molar refractivity (Wildman–Crippen MR) is 101 cm³/mol. The Kier molecular flexibility index (Phi) is 4.88. The fourth-order valence-corrected chi connectivity index (χ4v) is 4.05. The molecule has 3 rings (SSSR count). The third-order valence-corrected chi connectivity index (χ3v) is 5.46. The number of primary sulfonamides is 1. The van der Waals surface area contributed by atoms with E-state index in [1.54, 1.807) is 11.9 Å². The van der Waals surface area contributed by atoms with Gasteiger partial charge in [-0.05, 0) is 37.1 Å². The van der Waals surface area contributed by atoms with Crippen molar-refractivity contribution >= 4 is 33.1 Å². The number of para-hydroxylation sites is 1. The van der Waals surface area contributed by atoms with Crippen molar-refractivity contribution in [3.63, 3.8) is 0 Å². The second-order valence-electron chi connectivity index (χ2n) is 6.28. The summed E-state index contributed by atoms with van der Waals surface area (Å²) in [5, 5.41) is 14.9. The molecule has 1 fully saturated rings. The Hall–Kier alpha value is -2.58. The molecule has 2 aromatic rings. The maximum absolute atomic E-state index is 12.3. The van der Waals surface area contributed by atoms with E-state index in [4.69, 9.17) is 5.14 Å². The second kappa shape index (κ2) is 6.97. The minimum Gasteiger partial charge on any atom is -0.478 e. The number of carbonyl (C=O) groups is 1. The van der Waals surface area contributed by atoms with Crippen molar-refractivity contribution in [2.45, 2.75) is 17.7 Å². The van der Waals surface area contributed by atoms with Crippen LogP contribution in [0.15, 0.2) is 47.4 Å². The van der Waals surface area contributed by atoms with E-state index in [0.717, 1.165) is 37.7 Å². The summed E-state index contributed by atoms with van der Waals surface area (Å²) < 4.78 is 24.5. The number of aromatic carboxylic acids is 1. The van der Waals surface area contributed by atoms with Crippen LogP contribution in [0.4, 0.5) is 17.1 Å². The maximum atomic E-state index is 12.3. The Morgan fingerprint density at radius 1 is 1.15 bits per heavy atom. The van der Waals surface area contributed by atoms with Gasteiger partial charge in [-0.1, -0.05) is 18.2 Å². The number of hydrogen-bond acceptors (Lipinski definition) is 5. The third kappa shape index (κ3) is 3.51. The molecule has 1 aliphatic rings. The number of benzene rings is 2. The zero-order chi connectivity index (χ0) is 18.9. The first-order valence-electron chi connectivity index (χ1n) is 8.27. The number of anilines is 3. The van der Waals surface area contributed by atoms with Crippen LogP contribution in [0.25, 0.3) is 0 Å². The van der Waals surface area contributed by atoms with Gasteiger partial charge in [0.1, 0.15) is 4.90 Å². The van der Waals surface area contributed by atoms with Gasteiger partial charge in [0, 0.05) is 25.8 Å². The molecule has 0 radical (unpaired) electrons. The van der Waals surface area contributed by atoms with Gasteiger partial charge in [-0.15, -0.1) is 0 Å². The van der Waals surface area contributed by atoms with Gasteiger partial charge >= 0.3 is 5.97 Å². The molecular weight excluding hydrogens is 354 g/mol. The number of nitrogens with two attached hydrogens (primary N) is 1. The first-order chi connectivity index (χ1) is 12.3. The molecule has 1 saturated heterocycles. The summed E-state index contributed by atoms with van der Waals surface area (Å²) in [6.07, 6.45) is 1.94. The molecule has 0 saturated carbocycles. The number of carboxylic acids is 1. The lowest BCUT2D eigenvalue weighted by Crippen LogP contribution is -2.25. The van der Waals surface area contributed by atoms with Crippen LogP contribution in [-0.4, -0.2) is 39.6 Å². The van der Waals surface area contributed by atoms with Gasteiger partial charge < -0.3 is 14.9 Å². The van der Waals surface area contributed by atoms with Crippen LogP contribution in [0.3, 0.4) is 0 Å². The van der Waals surface area contributed by atoms with Gasteiger partial charge in [-0.3, -0.25) is 0 Å². The summed E-state index contributed by atoms with van der Waals surface area (Å²) in [6.45, 7) is 1.48. The minimum absolute atomic E-state index is 0.0962. The summed E-state index contributed by atoms with van der Waals surface area (Å²) in [5.74, 6) is -1.19. The highest BCUT2D eigenvalue weighted by Gasteiger charge is 2.28. The monoisotopic (exact) mass is 375 g/mol. The van der Waals surface area contributed by atoms with E-state index in [2.05, 4.69) is 0 Å². The molecule has 3 N–H and O–H groups in total. The Bertz CT molecular complexity index is 923. The van der Waals surface area contributed by atoms with E-state index in [1.165, 1.54) is 6.07 Å². The van der Waals surface area contributed by atoms with Gasteiger partial charge in [-0.2, -0.15) is 0 Å². The molecule has 0 aliphatic carbocycles. The Labute approximate surface area is 152 Å². The van der Waals surface area contributed by atoms with Gasteiger partial charge in [0.25, 0.3) is 0 Å². The first kappa shape index (κ1) is 18.2. The smallest absolute Gasteiger partial charge is 0.335 e. The van der Waals surface area contributed by atoms with E-state index >= 15 is 0 Å². The average molecular weight is 375 g/mol. The van der Waals surface area contributed by atoms with Crippen LogP contribution in [0.1, 0.15) is 23.2 Å². The molecule has 7 nitrogen and oxygen atoms in total. The van der Waals surface area contributed by atoms with Gasteiger partial charge in [0.2, 0.25) is 10.0 Å². The molecule has 0 unspecified atom stereocenters. The van der Waals surface area contributed by atoms with E-state index in [0.29, 0.717) is 11.4 Å². The van der Waals surface area contributed by atoms with E-state index < -0.39 is 16.0 Å². The second-order valence-corrected chi connectivity index (χ2v) is 7.81. The maximum Gasteiger partial charge on any atom is 0.335 e. The summed E-state index contributed by atoms with van der Waals surface area (Å²) in [6, 6.07) is 11.9. The topological polar surface area (TPSA) is 104 Å². The minimum atomic E-state index is -4.13. The van der Waals surface area contributed by atoms with Crippen LogP contribution in [0.2, 0.25) is 0 Å². The molecular formula is C18H21N3O4S. The summed E-state index contributed by atoms with van der Waals surface area (Å²) in [5.41, 5.74) is 1.64. The lowest BCUT2D eigenvalue weighted by atomic mass is 10.1. The van der Waals surface area contributed by atoms with Crippen LogP contribution in [-0.2, 0) is 10.0 Å². The molecule has 0 amide bonds. The van der Waals surface area contributed by atoms with Crippen molar-refractivity contribution in [2.24, 2.45) is 5.14 Å². The standard InChI is InChI=1S/C18H21N3O4S/c1-20(14-7-3-2-4-8-14)17-15(21-9-5-6-10-21)11-13(18(22)23)12-16(17)26(19,24)25/h2-4,7-8,11-12H,5-6,9-10H2,1H3,(H,22,23)(H2,19,24,25). The van der Waals surface area contributed by atoms with Gasteiger partial charge in [-0.25, -0.2) is 18.4 Å². The van der Waals surface area contributed by atoms with Crippen LogP contribution in [0.5, 0.6) is 0 Å². The summed E-state index contributed by atoms with van der Waals surface area (Å²) in [4.78, 5) is 15.1. The molecule has 0 bridgehead atoms. The van der Waals surface area contributed by atoms with E-state index in [1.807, 2.05) is 35.2 Å². The summed E-state index contributed by atoms with van der Waals surface area (Å²) >= 11 is 0. The van der Waals surface area contributed by atoms with Gasteiger partial charge in [0.05, 0.1) is 16.9 Å². The third-order valence-electron chi connectivity index (χ3n) is 4.53. The number of sulfonamides is 1. The predicted octanol–water partition coefficient (Wildman–Crippen LogP) is 2.40. The quantitative estimate of drug-likeness (QED) is 0.832. The van der Waals surface area contributed by atoms with Crippen LogP contribution in [0, 0.1) is 0 Å². The first-order valence-corrected chi connectivity index (χ1v) is 9.81. The molecule has 138 valence electrons. The number of hydrogen-bond donors (Lipinski definition) is 2. The molecule has 1 heterocycles. The van der Waals surface area contributed by atoms with E-state index in [-0.39, 0.29) is 10.5 Å². The van der Waals surface area contributed by atoms with Crippen molar-refractivity contribution in [3.05, 3.63) is 48.0 Å². The normalized spacial score (nSPS) is 14.5. The zero-order valence-electron chi connectivity index (χ0n) is 14.4. The summed E-state index contributed by atoms with van der Waals surface area (Å²) in [7, 11) is -2.38. The molecule has 0 atom stereocenters. The fourth-order valence-electron chi connectivity index (χ4n) is 3.25. The van der Waals surface area contributed by atoms with Crippen LogP contribution < -0.4 is 14.9 Å². The Morgan fingerprint density at radius 2 is 1.77 bits per heavy atom. The van der Waals surface area contributed by atoms with Crippen molar-refractivity contribution in [1.29, 1.82) is 0 Å². The van der Waals surface area contributed by atoms with Crippen molar-refractivity contribution in [3.8, 4) is 0 Å². The molecule has 0 aromatic heterocycles. The Morgan fingerprint density at radius 3 is 2.31 bits per heavy atom. The van der Waals surface area contributed by atoms with Crippen molar-refractivity contribution in [2.75, 3.05) is 29.9 Å². The van der Waals surface area contributed by atoms with Gasteiger partial charge in [0.15, 0.2) is 0 Å². The van der Waals surface area contributed by atoms with Crippen molar-refractivity contribution in [1.82, 2.24) is 0 Å². The molecule has 2 aromatic carbocycles. The Balaban J connectivity index is 2.29. The van der Waals surface area contributed by atoms with Crippen LogP contribution >= 0.6 is 0 Å². The zero-order valence-corrected chi connectivity index (χ0v) is 15.2. The number of nitrogens with zero attached hydrogens (tertiary/aromatic N) is 2. The fraction of sp³-hybridized carbons (Fsp3) is 0.278. The molecule has 26 heavy (non-hydrogen) atoms. The number of rotatable bonds is 5. The SMILES string of the molecule is CN(c1ccccc1)c1c(N2CCCC2)cc(C(=O)O)cc1S(N)(=O)=O. The number of carboxylic acid groups (broad SMARTS) is 1. The lowest BCUT2D eigenvalue weighted by Gasteiger charge is -2.30. The average Bonchev–Trinajstić information content (AvgIpc) is 3.14. The molecule has 0 spiro atoms. The molecule has 1 aliphatic heterocycles. The largest absolute Gasteiger partial charge is 0.478 e. The highest BCUT2D eigenvalue weighted by Crippen LogP contribution is 2.40. The van der Waals surface area contributed by atoms with E-state index in [9.17, 15) is 18.3 Å². The highest BCUT2D eigenvalue weighted by molar-refractivity contribution is 7.89. The van der Waals surface area contributed by atoms with Crippen molar-refractivity contribution < 1.29 is 18.3 Å². The lowest BCUT2D eigenvalue weighted by molar-refractivity contribution is 0.0696. The molecule has 8 heteroatoms. The highest BCUT2D eigenvalue weighted by atomic mass is 32.2.